The second kappa shape index (κ2) is 11.8. The highest BCUT2D eigenvalue weighted by atomic mass is 35.5. The quantitative estimate of drug-likeness (QED) is 0.302. The summed E-state index contributed by atoms with van der Waals surface area (Å²) in [5.74, 6) is -1.37. The summed E-state index contributed by atoms with van der Waals surface area (Å²) in [6.45, 7) is 5.56. The lowest BCUT2D eigenvalue weighted by atomic mass is 10.0. The van der Waals surface area contributed by atoms with Crippen LogP contribution >= 0.6 is 11.6 Å². The van der Waals surface area contributed by atoms with E-state index < -0.39 is 23.8 Å². The minimum Gasteiger partial charge on any atom is -0.490 e. The summed E-state index contributed by atoms with van der Waals surface area (Å²) in [6.07, 6.45) is 1.37. The Morgan fingerprint density at radius 2 is 1.74 bits per heavy atom. The summed E-state index contributed by atoms with van der Waals surface area (Å²) in [6, 6.07) is 15.9. The molecule has 0 atom stereocenters. The Balaban J connectivity index is 1.55. The molecular weight excluding hydrogens is 522 g/mol. The number of barbiturate groups is 1. The molecule has 0 bridgehead atoms. The zero-order valence-corrected chi connectivity index (χ0v) is 22.3. The number of ether oxygens (including phenoxy) is 2. The SMILES string of the molecule is CCOc1cc(/C=C2/C(=O)NC(=O)N(c3ccc(C)c(C)c3)C2=O)ccc1OCC(=O)Nc1ccccc1Cl. The van der Waals surface area contributed by atoms with Crippen LogP contribution < -0.4 is 25.0 Å². The van der Waals surface area contributed by atoms with Gasteiger partial charge < -0.3 is 14.8 Å². The van der Waals surface area contributed by atoms with E-state index >= 15 is 0 Å². The number of para-hydroxylation sites is 1. The van der Waals surface area contributed by atoms with Crippen molar-refractivity contribution < 1.29 is 28.7 Å². The smallest absolute Gasteiger partial charge is 0.335 e. The maximum atomic E-state index is 13.2. The molecule has 0 unspecified atom stereocenters. The number of hydrogen-bond acceptors (Lipinski definition) is 6. The van der Waals surface area contributed by atoms with Gasteiger partial charge in [0.15, 0.2) is 18.1 Å². The predicted molar refractivity (Wildman–Crippen MR) is 148 cm³/mol. The molecule has 0 aliphatic carbocycles. The maximum absolute atomic E-state index is 13.2. The molecule has 39 heavy (non-hydrogen) atoms. The van der Waals surface area contributed by atoms with Crippen molar-refractivity contribution in [1.82, 2.24) is 5.32 Å². The van der Waals surface area contributed by atoms with Crippen LogP contribution in [0.25, 0.3) is 6.08 Å². The van der Waals surface area contributed by atoms with Gasteiger partial charge in [-0.2, -0.15) is 0 Å². The minimum absolute atomic E-state index is 0.219. The highest BCUT2D eigenvalue weighted by Gasteiger charge is 2.37. The number of nitrogens with one attached hydrogen (secondary N) is 2. The zero-order chi connectivity index (χ0) is 28.1. The van der Waals surface area contributed by atoms with E-state index in [1.165, 1.54) is 6.08 Å². The third-order valence-corrected chi connectivity index (χ3v) is 6.27. The molecule has 10 heteroatoms. The number of rotatable bonds is 8. The first-order valence-corrected chi connectivity index (χ1v) is 12.5. The molecule has 1 heterocycles. The molecule has 1 fully saturated rings. The first-order valence-electron chi connectivity index (χ1n) is 12.1. The first kappa shape index (κ1) is 27.4. The number of imide groups is 2. The topological polar surface area (TPSA) is 114 Å². The number of carbonyl (C=O) groups is 4. The highest BCUT2D eigenvalue weighted by Crippen LogP contribution is 2.31. The van der Waals surface area contributed by atoms with E-state index in [9.17, 15) is 19.2 Å². The molecule has 0 spiro atoms. The molecule has 2 N–H and O–H groups in total. The molecular formula is C29H26ClN3O6. The Kier molecular flexibility index (Phi) is 8.31. The van der Waals surface area contributed by atoms with Gasteiger partial charge in [-0.25, -0.2) is 9.69 Å². The first-order chi connectivity index (χ1) is 18.7. The van der Waals surface area contributed by atoms with Gasteiger partial charge in [0.2, 0.25) is 0 Å². The highest BCUT2D eigenvalue weighted by molar-refractivity contribution is 6.39. The Labute approximate surface area is 230 Å². The van der Waals surface area contributed by atoms with Gasteiger partial charge >= 0.3 is 6.03 Å². The Hall–Kier alpha value is -4.63. The lowest BCUT2D eigenvalue weighted by Gasteiger charge is -2.27. The Morgan fingerprint density at radius 3 is 2.46 bits per heavy atom. The maximum Gasteiger partial charge on any atom is 0.335 e. The van der Waals surface area contributed by atoms with Crippen LogP contribution in [-0.2, 0) is 14.4 Å². The van der Waals surface area contributed by atoms with Crippen LogP contribution in [0.5, 0.6) is 11.5 Å². The number of carbonyl (C=O) groups excluding carboxylic acids is 4. The van der Waals surface area contributed by atoms with E-state index in [1.807, 2.05) is 13.8 Å². The van der Waals surface area contributed by atoms with Gasteiger partial charge in [-0.15, -0.1) is 0 Å². The van der Waals surface area contributed by atoms with Crippen molar-refractivity contribution in [3.63, 3.8) is 0 Å². The van der Waals surface area contributed by atoms with Gasteiger partial charge in [-0.3, -0.25) is 19.7 Å². The van der Waals surface area contributed by atoms with E-state index in [0.717, 1.165) is 16.0 Å². The van der Waals surface area contributed by atoms with Gasteiger partial charge in [-0.05, 0) is 79.9 Å². The molecule has 0 saturated carbocycles. The molecule has 1 saturated heterocycles. The summed E-state index contributed by atoms with van der Waals surface area (Å²) < 4.78 is 11.3. The van der Waals surface area contributed by atoms with Crippen LogP contribution in [0.4, 0.5) is 16.2 Å². The van der Waals surface area contributed by atoms with Crippen LogP contribution in [0.15, 0.2) is 66.2 Å². The van der Waals surface area contributed by atoms with Crippen molar-refractivity contribution in [3.05, 3.63) is 87.9 Å². The average molecular weight is 548 g/mol. The Morgan fingerprint density at radius 1 is 0.974 bits per heavy atom. The van der Waals surface area contributed by atoms with Gasteiger partial charge in [0.1, 0.15) is 5.57 Å². The van der Waals surface area contributed by atoms with E-state index in [-0.39, 0.29) is 12.2 Å². The molecule has 4 rings (SSSR count). The predicted octanol–water partition coefficient (Wildman–Crippen LogP) is 5.04. The van der Waals surface area contributed by atoms with Crippen molar-refractivity contribution in [1.29, 1.82) is 0 Å². The number of halogens is 1. The largest absolute Gasteiger partial charge is 0.490 e. The fourth-order valence-electron chi connectivity index (χ4n) is 3.82. The van der Waals surface area contributed by atoms with Crippen molar-refractivity contribution >= 4 is 52.8 Å². The monoisotopic (exact) mass is 547 g/mol. The number of anilines is 2. The molecule has 0 aromatic heterocycles. The van der Waals surface area contributed by atoms with E-state index in [2.05, 4.69) is 10.6 Å². The minimum atomic E-state index is -0.820. The summed E-state index contributed by atoms with van der Waals surface area (Å²) in [5, 5.41) is 5.29. The van der Waals surface area contributed by atoms with E-state index in [0.29, 0.717) is 40.1 Å². The molecule has 3 aromatic rings. The summed E-state index contributed by atoms with van der Waals surface area (Å²) >= 11 is 6.08. The number of hydrogen-bond donors (Lipinski definition) is 2. The molecule has 0 radical (unpaired) electrons. The molecule has 3 aromatic carbocycles. The number of urea groups is 1. The molecule has 5 amide bonds. The number of amides is 5. The lowest BCUT2D eigenvalue weighted by molar-refractivity contribution is -0.122. The zero-order valence-electron chi connectivity index (χ0n) is 21.5. The summed E-state index contributed by atoms with van der Waals surface area (Å²) in [7, 11) is 0. The summed E-state index contributed by atoms with van der Waals surface area (Å²) in [5.41, 5.74) is 2.95. The fourth-order valence-corrected chi connectivity index (χ4v) is 4.00. The van der Waals surface area contributed by atoms with Crippen LogP contribution in [0, 0.1) is 13.8 Å². The summed E-state index contributed by atoms with van der Waals surface area (Å²) in [4.78, 5) is 51.6. The molecule has 200 valence electrons. The number of aryl methyl sites for hydroxylation is 2. The van der Waals surface area contributed by atoms with Gasteiger partial charge in [-0.1, -0.05) is 35.9 Å². The van der Waals surface area contributed by atoms with Gasteiger partial charge in [0.25, 0.3) is 17.7 Å². The Bertz CT molecular complexity index is 1500. The van der Waals surface area contributed by atoms with Crippen molar-refractivity contribution in [2.45, 2.75) is 20.8 Å². The van der Waals surface area contributed by atoms with Crippen molar-refractivity contribution in [3.8, 4) is 11.5 Å². The number of nitrogens with zero attached hydrogens (tertiary/aromatic N) is 1. The molecule has 1 aliphatic heterocycles. The second-order valence-electron chi connectivity index (χ2n) is 8.68. The fraction of sp³-hybridized carbons (Fsp3) is 0.172. The lowest BCUT2D eigenvalue weighted by Crippen LogP contribution is -2.54. The molecule has 1 aliphatic rings. The third kappa shape index (κ3) is 6.27. The standard InChI is InChI=1S/C29H26ClN3O6/c1-4-38-25-15-19(10-12-24(25)39-16-26(34)31-23-8-6-5-7-22(23)30)14-21-27(35)32-29(37)33(28(21)36)20-11-9-17(2)18(3)13-20/h5-15H,4,16H2,1-3H3,(H,31,34)(H,32,35,37)/b21-14-. The van der Waals surface area contributed by atoms with Crippen LogP contribution in [-0.4, -0.2) is 37.0 Å². The van der Waals surface area contributed by atoms with Gasteiger partial charge in [0.05, 0.1) is 23.0 Å². The average Bonchev–Trinajstić information content (AvgIpc) is 2.89. The molecule has 9 nitrogen and oxygen atoms in total. The number of benzene rings is 3. The van der Waals surface area contributed by atoms with Crippen molar-refractivity contribution in [2.75, 3.05) is 23.4 Å². The van der Waals surface area contributed by atoms with Crippen molar-refractivity contribution in [2.24, 2.45) is 0 Å². The van der Waals surface area contributed by atoms with E-state index in [1.54, 1.807) is 67.6 Å². The third-order valence-electron chi connectivity index (χ3n) is 5.94. The second-order valence-corrected chi connectivity index (χ2v) is 9.09. The van der Waals surface area contributed by atoms with Gasteiger partial charge in [0, 0.05) is 0 Å². The van der Waals surface area contributed by atoms with Crippen LogP contribution in [0.1, 0.15) is 23.6 Å². The van der Waals surface area contributed by atoms with E-state index in [4.69, 9.17) is 21.1 Å². The van der Waals surface area contributed by atoms with Crippen LogP contribution in [0.3, 0.4) is 0 Å². The normalized spacial score (nSPS) is 14.3. The van der Waals surface area contributed by atoms with Crippen LogP contribution in [0.2, 0.25) is 5.02 Å².